The molecule has 0 fully saturated rings. The van der Waals surface area contributed by atoms with Crippen LogP contribution in [0.3, 0.4) is 0 Å². The maximum absolute atomic E-state index is 2.69. The Balaban J connectivity index is 2.26. The third-order valence-electron chi connectivity index (χ3n) is 7.82. The Hall–Kier alpha value is -0.660. The van der Waals surface area contributed by atoms with Gasteiger partial charge in [-0.15, -0.1) is 0 Å². The van der Waals surface area contributed by atoms with E-state index < -0.39 is 0 Å². The van der Waals surface area contributed by atoms with E-state index in [0.717, 1.165) is 0 Å². The molecule has 34 heavy (non-hydrogen) atoms. The SMILES string of the molecule is CCCCCCCCCCCCC1N(CCCCCCCC)C=CN1CCCCCCCCC. The summed E-state index contributed by atoms with van der Waals surface area (Å²) in [5.41, 5.74) is 0. The highest BCUT2D eigenvalue weighted by molar-refractivity contribution is 4.97. The van der Waals surface area contributed by atoms with E-state index in [2.05, 4.69) is 43.0 Å². The standard InChI is InChI=1S/C32H64N2/c1-4-7-10-13-16-17-18-19-21-24-27-32-33(28-25-22-15-12-9-6-3)30-31-34(32)29-26-23-20-14-11-8-5-2/h30-32H,4-29H2,1-3H3. The van der Waals surface area contributed by atoms with Crippen LogP contribution in [-0.4, -0.2) is 29.1 Å². The molecule has 0 aromatic heterocycles. The summed E-state index contributed by atoms with van der Waals surface area (Å²) in [6.45, 7) is 9.46. The van der Waals surface area contributed by atoms with Crippen molar-refractivity contribution < 1.29 is 0 Å². The van der Waals surface area contributed by atoms with Gasteiger partial charge in [-0.05, 0) is 25.7 Å². The van der Waals surface area contributed by atoms with Crippen LogP contribution in [0.25, 0.3) is 0 Å². The summed E-state index contributed by atoms with van der Waals surface area (Å²) in [6.07, 6.45) is 39.5. The van der Waals surface area contributed by atoms with E-state index >= 15 is 0 Å². The van der Waals surface area contributed by atoms with Crippen LogP contribution in [0.15, 0.2) is 12.4 Å². The van der Waals surface area contributed by atoms with Gasteiger partial charge in [0.25, 0.3) is 0 Å². The van der Waals surface area contributed by atoms with Crippen LogP contribution in [0, 0.1) is 0 Å². The molecule has 0 saturated heterocycles. The Morgan fingerprint density at radius 2 is 0.676 bits per heavy atom. The van der Waals surface area contributed by atoms with Gasteiger partial charge in [-0.2, -0.15) is 0 Å². The quantitative estimate of drug-likeness (QED) is 0.114. The fourth-order valence-corrected chi connectivity index (χ4v) is 5.48. The van der Waals surface area contributed by atoms with Crippen molar-refractivity contribution in [1.29, 1.82) is 0 Å². The van der Waals surface area contributed by atoms with Gasteiger partial charge in [0, 0.05) is 25.5 Å². The zero-order chi connectivity index (χ0) is 24.5. The van der Waals surface area contributed by atoms with Gasteiger partial charge in [0.15, 0.2) is 0 Å². The van der Waals surface area contributed by atoms with Crippen molar-refractivity contribution in [1.82, 2.24) is 9.80 Å². The van der Waals surface area contributed by atoms with Crippen LogP contribution in [0.2, 0.25) is 0 Å². The first kappa shape index (κ1) is 31.4. The Kier molecular flexibility index (Phi) is 22.2. The van der Waals surface area contributed by atoms with Crippen LogP contribution in [-0.2, 0) is 0 Å². The molecule has 1 atom stereocenters. The Morgan fingerprint density at radius 1 is 0.382 bits per heavy atom. The van der Waals surface area contributed by atoms with E-state index in [4.69, 9.17) is 0 Å². The third kappa shape index (κ3) is 16.9. The molecule has 0 saturated carbocycles. The van der Waals surface area contributed by atoms with Gasteiger partial charge in [0.2, 0.25) is 0 Å². The lowest BCUT2D eigenvalue weighted by Crippen LogP contribution is -2.39. The van der Waals surface area contributed by atoms with E-state index in [1.165, 1.54) is 167 Å². The van der Waals surface area contributed by atoms with Gasteiger partial charge in [0.1, 0.15) is 6.17 Å². The first-order valence-corrected chi connectivity index (χ1v) is 16.0. The second-order valence-corrected chi connectivity index (χ2v) is 11.1. The lowest BCUT2D eigenvalue weighted by molar-refractivity contribution is 0.135. The lowest BCUT2D eigenvalue weighted by Gasteiger charge is -2.33. The zero-order valence-corrected chi connectivity index (χ0v) is 24.0. The minimum absolute atomic E-state index is 0.643. The maximum atomic E-state index is 2.69. The molecule has 1 heterocycles. The number of nitrogens with zero attached hydrogens (tertiary/aromatic N) is 2. The topological polar surface area (TPSA) is 6.48 Å². The molecule has 0 aromatic rings. The molecule has 0 spiro atoms. The summed E-state index contributed by atoms with van der Waals surface area (Å²) < 4.78 is 0. The third-order valence-corrected chi connectivity index (χ3v) is 7.82. The highest BCUT2D eigenvalue weighted by Crippen LogP contribution is 2.24. The van der Waals surface area contributed by atoms with Crippen molar-refractivity contribution in [2.45, 2.75) is 181 Å². The Morgan fingerprint density at radius 3 is 1.03 bits per heavy atom. The summed E-state index contributed by atoms with van der Waals surface area (Å²) in [5.74, 6) is 0. The Labute approximate surface area is 216 Å². The number of unbranched alkanes of at least 4 members (excludes halogenated alkanes) is 20. The number of hydrogen-bond donors (Lipinski definition) is 0. The minimum atomic E-state index is 0.643. The van der Waals surface area contributed by atoms with Crippen molar-refractivity contribution in [3.63, 3.8) is 0 Å². The fraction of sp³-hybridized carbons (Fsp3) is 0.938. The average Bonchev–Trinajstić information content (AvgIpc) is 3.23. The van der Waals surface area contributed by atoms with E-state index in [1.54, 1.807) is 0 Å². The average molecular weight is 477 g/mol. The lowest BCUT2D eigenvalue weighted by atomic mass is 10.0. The highest BCUT2D eigenvalue weighted by Gasteiger charge is 2.24. The molecule has 0 N–H and O–H groups in total. The van der Waals surface area contributed by atoms with E-state index in [1.807, 2.05) is 0 Å². The Bertz CT molecular complexity index is 433. The molecule has 0 radical (unpaired) electrons. The van der Waals surface area contributed by atoms with E-state index in [0.29, 0.717) is 6.17 Å². The van der Waals surface area contributed by atoms with Gasteiger partial charge in [-0.3, -0.25) is 0 Å². The molecule has 2 nitrogen and oxygen atoms in total. The predicted molar refractivity (Wildman–Crippen MR) is 154 cm³/mol. The van der Waals surface area contributed by atoms with E-state index in [9.17, 15) is 0 Å². The van der Waals surface area contributed by atoms with Crippen LogP contribution >= 0.6 is 0 Å². The first-order chi connectivity index (χ1) is 16.8. The van der Waals surface area contributed by atoms with Crippen LogP contribution in [0.4, 0.5) is 0 Å². The van der Waals surface area contributed by atoms with E-state index in [-0.39, 0.29) is 0 Å². The van der Waals surface area contributed by atoms with Crippen LogP contribution < -0.4 is 0 Å². The normalized spacial score (nSPS) is 15.7. The molecular formula is C32H64N2. The van der Waals surface area contributed by atoms with Crippen molar-refractivity contribution in [3.05, 3.63) is 12.4 Å². The second-order valence-electron chi connectivity index (χ2n) is 11.1. The van der Waals surface area contributed by atoms with Gasteiger partial charge < -0.3 is 9.80 Å². The van der Waals surface area contributed by atoms with Crippen molar-refractivity contribution in [2.24, 2.45) is 0 Å². The van der Waals surface area contributed by atoms with Crippen LogP contribution in [0.1, 0.15) is 175 Å². The molecule has 0 amide bonds. The maximum Gasteiger partial charge on any atom is 0.101 e. The molecule has 0 aliphatic carbocycles. The van der Waals surface area contributed by atoms with Crippen molar-refractivity contribution >= 4 is 0 Å². The fourth-order valence-electron chi connectivity index (χ4n) is 5.48. The minimum Gasteiger partial charge on any atom is -0.356 e. The molecule has 0 bridgehead atoms. The van der Waals surface area contributed by atoms with Gasteiger partial charge in [-0.25, -0.2) is 0 Å². The summed E-state index contributed by atoms with van der Waals surface area (Å²) >= 11 is 0. The smallest absolute Gasteiger partial charge is 0.101 e. The molecule has 0 aromatic carbocycles. The van der Waals surface area contributed by atoms with Crippen LogP contribution in [0.5, 0.6) is 0 Å². The largest absolute Gasteiger partial charge is 0.356 e. The van der Waals surface area contributed by atoms with Gasteiger partial charge in [0.05, 0.1) is 0 Å². The van der Waals surface area contributed by atoms with Gasteiger partial charge >= 0.3 is 0 Å². The molecule has 1 rings (SSSR count). The van der Waals surface area contributed by atoms with Crippen molar-refractivity contribution in [3.8, 4) is 0 Å². The summed E-state index contributed by atoms with van der Waals surface area (Å²) in [5, 5.41) is 0. The van der Waals surface area contributed by atoms with Crippen molar-refractivity contribution in [2.75, 3.05) is 13.1 Å². The molecule has 1 aliphatic rings. The summed E-state index contributed by atoms with van der Waals surface area (Å²) in [4.78, 5) is 5.38. The first-order valence-electron chi connectivity index (χ1n) is 16.0. The highest BCUT2D eigenvalue weighted by atomic mass is 15.4. The second kappa shape index (κ2) is 24.1. The predicted octanol–water partition coefficient (Wildman–Crippen LogP) is 10.8. The number of rotatable bonds is 26. The number of hydrogen-bond acceptors (Lipinski definition) is 2. The molecule has 1 unspecified atom stereocenters. The molecule has 1 aliphatic heterocycles. The zero-order valence-electron chi connectivity index (χ0n) is 24.0. The molecular weight excluding hydrogens is 412 g/mol. The summed E-state index contributed by atoms with van der Waals surface area (Å²) in [6, 6.07) is 0. The van der Waals surface area contributed by atoms with Gasteiger partial charge in [-0.1, -0.05) is 149 Å². The molecule has 2 heteroatoms. The summed E-state index contributed by atoms with van der Waals surface area (Å²) in [7, 11) is 0. The monoisotopic (exact) mass is 477 g/mol. The molecule has 202 valence electrons.